The fraction of sp³-hybridized carbons (Fsp3) is 0.400. The summed E-state index contributed by atoms with van der Waals surface area (Å²) in [7, 11) is 0. The van der Waals surface area contributed by atoms with Crippen LogP contribution in [0.4, 0.5) is 4.79 Å². The molecule has 1 aromatic rings. The lowest BCUT2D eigenvalue weighted by atomic mass is 9.97. The van der Waals surface area contributed by atoms with Gasteiger partial charge in [-0.15, -0.1) is 0 Å². The first kappa shape index (κ1) is 16.8. The fourth-order valence-electron chi connectivity index (χ4n) is 2.50. The van der Waals surface area contributed by atoms with Crippen LogP contribution >= 0.6 is 0 Å². The minimum atomic E-state index is -1.41. The van der Waals surface area contributed by atoms with Gasteiger partial charge in [0.15, 0.2) is 5.54 Å². The first-order valence-electron chi connectivity index (χ1n) is 7.16. The standard InChI is InChI=1S/C15H19N3O5/c16-14(22)17-11(10-4-2-1-3-5-10)8-12(19)18-15(13(20)21)6-7-23-9-15/h1-5,11H,6-9H2,(H,18,19)(H,20,21)(H3,16,17,22). The van der Waals surface area contributed by atoms with Crippen LogP contribution in [0.25, 0.3) is 0 Å². The van der Waals surface area contributed by atoms with Crippen LogP contribution in [0.15, 0.2) is 30.3 Å². The Morgan fingerprint density at radius 3 is 2.52 bits per heavy atom. The summed E-state index contributed by atoms with van der Waals surface area (Å²) in [6, 6.07) is 7.45. The second kappa shape index (κ2) is 7.10. The van der Waals surface area contributed by atoms with E-state index in [9.17, 15) is 19.5 Å². The molecule has 23 heavy (non-hydrogen) atoms. The Kier molecular flexibility index (Phi) is 5.17. The van der Waals surface area contributed by atoms with E-state index in [1.165, 1.54) is 0 Å². The minimum absolute atomic E-state index is 0.0761. The highest BCUT2D eigenvalue weighted by atomic mass is 16.5. The van der Waals surface area contributed by atoms with E-state index in [0.717, 1.165) is 0 Å². The minimum Gasteiger partial charge on any atom is -0.479 e. The van der Waals surface area contributed by atoms with Gasteiger partial charge >= 0.3 is 12.0 Å². The van der Waals surface area contributed by atoms with Crippen molar-refractivity contribution in [2.75, 3.05) is 13.2 Å². The normalized spacial score (nSPS) is 21.4. The maximum atomic E-state index is 12.3. The number of aliphatic carboxylic acids is 1. The third kappa shape index (κ3) is 4.19. The van der Waals surface area contributed by atoms with Crippen molar-refractivity contribution in [2.45, 2.75) is 24.4 Å². The van der Waals surface area contributed by atoms with Gasteiger partial charge in [-0.3, -0.25) is 4.79 Å². The average Bonchev–Trinajstić information content (AvgIpc) is 2.97. The van der Waals surface area contributed by atoms with Crippen molar-refractivity contribution in [3.63, 3.8) is 0 Å². The molecule has 8 heteroatoms. The smallest absolute Gasteiger partial charge is 0.331 e. The number of carbonyl (C=O) groups is 3. The summed E-state index contributed by atoms with van der Waals surface area (Å²) in [5.41, 5.74) is 4.44. The predicted molar refractivity (Wildman–Crippen MR) is 80.5 cm³/mol. The first-order chi connectivity index (χ1) is 10.9. The summed E-state index contributed by atoms with van der Waals surface area (Å²) in [6.45, 7) is 0.196. The Morgan fingerprint density at radius 1 is 1.30 bits per heavy atom. The number of rotatable bonds is 6. The Hall–Kier alpha value is -2.61. The molecule has 1 saturated heterocycles. The van der Waals surface area contributed by atoms with Gasteiger partial charge in [-0.25, -0.2) is 9.59 Å². The largest absolute Gasteiger partial charge is 0.479 e. The van der Waals surface area contributed by atoms with Crippen molar-refractivity contribution in [2.24, 2.45) is 5.73 Å². The number of nitrogens with one attached hydrogen (secondary N) is 2. The van der Waals surface area contributed by atoms with E-state index in [-0.39, 0.29) is 26.1 Å². The van der Waals surface area contributed by atoms with Gasteiger partial charge in [0.1, 0.15) is 0 Å². The zero-order valence-corrected chi connectivity index (χ0v) is 12.5. The van der Waals surface area contributed by atoms with Crippen LogP contribution < -0.4 is 16.4 Å². The van der Waals surface area contributed by atoms with E-state index in [0.29, 0.717) is 5.56 Å². The topological polar surface area (TPSA) is 131 Å². The highest BCUT2D eigenvalue weighted by molar-refractivity contribution is 5.88. The molecule has 5 N–H and O–H groups in total. The molecule has 1 aromatic carbocycles. The van der Waals surface area contributed by atoms with Crippen LogP contribution in [0.1, 0.15) is 24.4 Å². The monoisotopic (exact) mass is 321 g/mol. The van der Waals surface area contributed by atoms with Crippen molar-refractivity contribution in [1.29, 1.82) is 0 Å². The second-order valence-electron chi connectivity index (χ2n) is 5.41. The van der Waals surface area contributed by atoms with Gasteiger partial charge in [0.05, 0.1) is 19.1 Å². The summed E-state index contributed by atoms with van der Waals surface area (Å²) >= 11 is 0. The van der Waals surface area contributed by atoms with Crippen molar-refractivity contribution >= 4 is 17.9 Å². The van der Waals surface area contributed by atoms with Crippen LogP contribution in [0.3, 0.4) is 0 Å². The Morgan fingerprint density at radius 2 is 2.00 bits per heavy atom. The maximum absolute atomic E-state index is 12.3. The van der Waals surface area contributed by atoms with Gasteiger partial charge in [0.25, 0.3) is 0 Å². The quantitative estimate of drug-likeness (QED) is 0.592. The highest BCUT2D eigenvalue weighted by Gasteiger charge is 2.44. The summed E-state index contributed by atoms with van der Waals surface area (Å²) in [6.07, 6.45) is 0.0787. The number of carbonyl (C=O) groups excluding carboxylic acids is 2. The first-order valence-corrected chi connectivity index (χ1v) is 7.16. The third-order valence-corrected chi connectivity index (χ3v) is 3.72. The number of hydrogen-bond donors (Lipinski definition) is 4. The number of nitrogens with two attached hydrogens (primary N) is 1. The molecule has 0 aliphatic carbocycles. The van der Waals surface area contributed by atoms with Crippen LogP contribution in [0, 0.1) is 0 Å². The van der Waals surface area contributed by atoms with Crippen LogP contribution in [0.5, 0.6) is 0 Å². The van der Waals surface area contributed by atoms with E-state index in [4.69, 9.17) is 10.5 Å². The molecular formula is C15H19N3O5. The zero-order chi connectivity index (χ0) is 16.9. The van der Waals surface area contributed by atoms with Gasteiger partial charge < -0.3 is 26.2 Å². The van der Waals surface area contributed by atoms with Crippen LogP contribution in [-0.4, -0.2) is 41.8 Å². The Bertz CT molecular complexity index is 584. The number of benzene rings is 1. The lowest BCUT2D eigenvalue weighted by Crippen LogP contribution is -2.55. The average molecular weight is 321 g/mol. The van der Waals surface area contributed by atoms with E-state index >= 15 is 0 Å². The van der Waals surface area contributed by atoms with E-state index < -0.39 is 29.5 Å². The molecule has 0 spiro atoms. The molecule has 124 valence electrons. The van der Waals surface area contributed by atoms with Crippen molar-refractivity contribution in [3.8, 4) is 0 Å². The lowest BCUT2D eigenvalue weighted by Gasteiger charge is -2.25. The lowest BCUT2D eigenvalue weighted by molar-refractivity contribution is -0.147. The van der Waals surface area contributed by atoms with Gasteiger partial charge in [-0.1, -0.05) is 30.3 Å². The number of carboxylic acids is 1. The molecule has 3 amide bonds. The van der Waals surface area contributed by atoms with Gasteiger partial charge in [-0.2, -0.15) is 0 Å². The molecule has 0 radical (unpaired) electrons. The number of amides is 3. The predicted octanol–water partition coefficient (Wildman–Crippen LogP) is 0.146. The highest BCUT2D eigenvalue weighted by Crippen LogP contribution is 2.21. The molecule has 2 unspecified atom stereocenters. The Labute approximate surface area is 133 Å². The fourth-order valence-corrected chi connectivity index (χ4v) is 2.50. The van der Waals surface area contributed by atoms with E-state index in [1.807, 2.05) is 0 Å². The molecule has 0 aromatic heterocycles. The van der Waals surface area contributed by atoms with E-state index in [2.05, 4.69) is 10.6 Å². The number of carboxylic acid groups (broad SMARTS) is 1. The van der Waals surface area contributed by atoms with Crippen molar-refractivity contribution < 1.29 is 24.2 Å². The summed E-state index contributed by atoms with van der Waals surface area (Å²) in [5, 5.41) is 14.3. The summed E-state index contributed by atoms with van der Waals surface area (Å²) in [5.74, 6) is -1.64. The molecule has 0 saturated carbocycles. The molecule has 0 bridgehead atoms. The maximum Gasteiger partial charge on any atom is 0.331 e. The van der Waals surface area contributed by atoms with Gasteiger partial charge in [0.2, 0.25) is 5.91 Å². The molecule has 8 nitrogen and oxygen atoms in total. The van der Waals surface area contributed by atoms with E-state index in [1.54, 1.807) is 30.3 Å². The second-order valence-corrected chi connectivity index (χ2v) is 5.41. The molecule has 1 fully saturated rings. The number of ether oxygens (including phenoxy) is 1. The third-order valence-electron chi connectivity index (χ3n) is 3.72. The number of primary amides is 1. The molecule has 1 heterocycles. The molecule has 2 atom stereocenters. The van der Waals surface area contributed by atoms with Crippen molar-refractivity contribution in [1.82, 2.24) is 10.6 Å². The number of hydrogen-bond acceptors (Lipinski definition) is 4. The Balaban J connectivity index is 2.08. The summed E-state index contributed by atoms with van der Waals surface area (Å²) < 4.78 is 5.09. The van der Waals surface area contributed by atoms with Crippen molar-refractivity contribution in [3.05, 3.63) is 35.9 Å². The van der Waals surface area contributed by atoms with Gasteiger partial charge in [0, 0.05) is 13.0 Å². The van der Waals surface area contributed by atoms with Crippen LogP contribution in [-0.2, 0) is 14.3 Å². The molecular weight excluding hydrogens is 302 g/mol. The zero-order valence-electron chi connectivity index (χ0n) is 12.5. The molecule has 2 rings (SSSR count). The summed E-state index contributed by atoms with van der Waals surface area (Å²) in [4.78, 5) is 34.8. The molecule has 1 aliphatic heterocycles. The molecule has 1 aliphatic rings. The van der Waals surface area contributed by atoms with Gasteiger partial charge in [-0.05, 0) is 5.56 Å². The van der Waals surface area contributed by atoms with Crippen LogP contribution in [0.2, 0.25) is 0 Å². The SMILES string of the molecule is NC(=O)NC(CC(=O)NC1(C(=O)O)CCOC1)c1ccccc1. The number of urea groups is 1.